The number of amides is 1. The van der Waals surface area contributed by atoms with Crippen LogP contribution in [0, 0.1) is 5.82 Å². The molecule has 0 saturated heterocycles. The van der Waals surface area contributed by atoms with Gasteiger partial charge in [0.05, 0.1) is 6.61 Å². The van der Waals surface area contributed by atoms with E-state index in [2.05, 4.69) is 10.6 Å². The summed E-state index contributed by atoms with van der Waals surface area (Å²) in [6.45, 7) is -0.167. The van der Waals surface area contributed by atoms with E-state index in [1.54, 1.807) is 0 Å². The molecular weight excluding hydrogens is 329 g/mol. The molecule has 2 aromatic carbocycles. The Kier molecular flexibility index (Phi) is 5.00. The van der Waals surface area contributed by atoms with Gasteiger partial charge in [-0.2, -0.15) is 4.68 Å². The van der Waals surface area contributed by atoms with Gasteiger partial charge in [0, 0.05) is 5.56 Å². The van der Waals surface area contributed by atoms with E-state index in [1.807, 2.05) is 30.3 Å². The summed E-state index contributed by atoms with van der Waals surface area (Å²) in [5, 5.41) is 3.91. The summed E-state index contributed by atoms with van der Waals surface area (Å²) in [6, 6.07) is 14.6. The minimum atomic E-state index is -0.794. The van der Waals surface area contributed by atoms with Crippen LogP contribution in [0.15, 0.2) is 63.8 Å². The number of hydrogen-bond acceptors (Lipinski definition) is 5. The number of rotatable bonds is 6. The van der Waals surface area contributed by atoms with Gasteiger partial charge < -0.3 is 4.42 Å². The van der Waals surface area contributed by atoms with Gasteiger partial charge in [0.1, 0.15) is 12.4 Å². The number of nitrogens with zero attached hydrogens (tertiary/aromatic N) is 2. The lowest BCUT2D eigenvalue weighted by Gasteiger charge is -2.05. The highest BCUT2D eigenvalue weighted by Gasteiger charge is 2.13. The number of halogens is 1. The van der Waals surface area contributed by atoms with E-state index < -0.39 is 17.5 Å². The van der Waals surface area contributed by atoms with Gasteiger partial charge >= 0.3 is 5.76 Å². The molecule has 3 rings (SSSR count). The van der Waals surface area contributed by atoms with E-state index in [9.17, 15) is 14.0 Å². The molecule has 0 radical (unpaired) electrons. The second kappa shape index (κ2) is 7.54. The summed E-state index contributed by atoms with van der Waals surface area (Å²) in [5.41, 5.74) is 3.55. The Bertz CT molecular complexity index is 904. The molecule has 128 valence electrons. The van der Waals surface area contributed by atoms with Crippen LogP contribution >= 0.6 is 0 Å². The van der Waals surface area contributed by atoms with Gasteiger partial charge in [0.15, 0.2) is 0 Å². The number of hydrogen-bond donors (Lipinski definition) is 1. The molecule has 1 amide bonds. The molecule has 3 aromatic rings. The van der Waals surface area contributed by atoms with Crippen molar-refractivity contribution in [3.05, 3.63) is 76.5 Å². The fraction of sp³-hybridized carbons (Fsp3) is 0.118. The van der Waals surface area contributed by atoms with Gasteiger partial charge in [-0.25, -0.2) is 14.7 Å². The van der Waals surface area contributed by atoms with Crippen LogP contribution in [0.25, 0.3) is 11.5 Å². The third kappa shape index (κ3) is 4.39. The van der Waals surface area contributed by atoms with Crippen LogP contribution in [0.1, 0.15) is 5.56 Å². The van der Waals surface area contributed by atoms with Crippen molar-refractivity contribution in [2.45, 2.75) is 13.2 Å². The molecular formula is C17H14FN3O4. The lowest BCUT2D eigenvalue weighted by Crippen LogP contribution is -2.31. The Labute approximate surface area is 141 Å². The molecule has 1 N–H and O–H groups in total. The van der Waals surface area contributed by atoms with Crippen molar-refractivity contribution in [2.24, 2.45) is 0 Å². The van der Waals surface area contributed by atoms with E-state index in [1.165, 1.54) is 24.3 Å². The number of benzene rings is 2. The van der Waals surface area contributed by atoms with E-state index in [0.717, 1.165) is 10.2 Å². The summed E-state index contributed by atoms with van der Waals surface area (Å²) >= 11 is 0. The maximum absolute atomic E-state index is 12.9. The normalized spacial score (nSPS) is 10.6. The molecule has 0 spiro atoms. The topological polar surface area (TPSA) is 86.4 Å². The van der Waals surface area contributed by atoms with Crippen molar-refractivity contribution >= 4 is 5.91 Å². The summed E-state index contributed by atoms with van der Waals surface area (Å²) in [5.74, 6) is -1.77. The van der Waals surface area contributed by atoms with E-state index >= 15 is 0 Å². The van der Waals surface area contributed by atoms with Crippen LogP contribution < -0.4 is 11.2 Å². The fourth-order valence-electron chi connectivity index (χ4n) is 2.06. The lowest BCUT2D eigenvalue weighted by atomic mass is 10.2. The molecule has 1 aromatic heterocycles. The van der Waals surface area contributed by atoms with Crippen LogP contribution in [0.4, 0.5) is 4.39 Å². The largest absolute Gasteiger partial charge is 0.437 e. The third-order valence-corrected chi connectivity index (χ3v) is 3.26. The molecule has 7 nitrogen and oxygen atoms in total. The molecule has 0 saturated carbocycles. The number of carbonyl (C=O) groups excluding carboxylic acids is 1. The van der Waals surface area contributed by atoms with Gasteiger partial charge in [-0.15, -0.1) is 5.10 Å². The average Bonchev–Trinajstić information content (AvgIpc) is 2.97. The van der Waals surface area contributed by atoms with Crippen molar-refractivity contribution in [3.63, 3.8) is 0 Å². The minimum absolute atomic E-state index is 0.00278. The molecule has 25 heavy (non-hydrogen) atoms. The van der Waals surface area contributed by atoms with Crippen molar-refractivity contribution in [1.29, 1.82) is 0 Å². The van der Waals surface area contributed by atoms with Gasteiger partial charge in [0.2, 0.25) is 5.89 Å². The maximum Gasteiger partial charge on any atom is 0.437 e. The number of carbonyl (C=O) groups is 1. The summed E-state index contributed by atoms with van der Waals surface area (Å²) < 4.78 is 18.7. The quantitative estimate of drug-likeness (QED) is 0.691. The first-order valence-electron chi connectivity index (χ1n) is 7.40. The van der Waals surface area contributed by atoms with Gasteiger partial charge in [-0.1, -0.05) is 30.3 Å². The van der Waals surface area contributed by atoms with Crippen molar-refractivity contribution in [2.75, 3.05) is 0 Å². The SMILES string of the molecule is O=C(Cn1nc(-c2ccc(F)cc2)oc1=O)NOCc1ccccc1. The van der Waals surface area contributed by atoms with Crippen LogP contribution in [0.5, 0.6) is 0 Å². The van der Waals surface area contributed by atoms with Gasteiger partial charge in [-0.05, 0) is 29.8 Å². The Balaban J connectivity index is 1.58. The van der Waals surface area contributed by atoms with Crippen molar-refractivity contribution in [1.82, 2.24) is 15.3 Å². The monoisotopic (exact) mass is 343 g/mol. The zero-order chi connectivity index (χ0) is 17.6. The highest BCUT2D eigenvalue weighted by Crippen LogP contribution is 2.15. The number of aromatic nitrogens is 2. The predicted octanol–water partition coefficient (Wildman–Crippen LogP) is 1.89. The van der Waals surface area contributed by atoms with Gasteiger partial charge in [0.25, 0.3) is 5.91 Å². The summed E-state index contributed by atoms with van der Waals surface area (Å²) in [7, 11) is 0. The molecule has 0 unspecified atom stereocenters. The Morgan fingerprint density at radius 3 is 2.60 bits per heavy atom. The van der Waals surface area contributed by atoms with E-state index in [-0.39, 0.29) is 19.0 Å². The molecule has 0 atom stereocenters. The first kappa shape index (κ1) is 16.6. The minimum Gasteiger partial charge on any atom is -0.388 e. The summed E-state index contributed by atoms with van der Waals surface area (Å²) in [6.07, 6.45) is 0. The Morgan fingerprint density at radius 2 is 1.88 bits per heavy atom. The van der Waals surface area contributed by atoms with Crippen LogP contribution in [0.2, 0.25) is 0 Å². The Hall–Kier alpha value is -3.26. The average molecular weight is 343 g/mol. The molecule has 0 aliphatic heterocycles. The lowest BCUT2D eigenvalue weighted by molar-refractivity contribution is -0.135. The zero-order valence-electron chi connectivity index (χ0n) is 13.0. The predicted molar refractivity (Wildman–Crippen MR) is 85.5 cm³/mol. The molecule has 0 bridgehead atoms. The zero-order valence-corrected chi connectivity index (χ0v) is 13.0. The highest BCUT2D eigenvalue weighted by atomic mass is 19.1. The molecule has 0 aliphatic carbocycles. The molecule has 0 aliphatic rings. The number of nitrogens with one attached hydrogen (secondary N) is 1. The van der Waals surface area contributed by atoms with Crippen molar-refractivity contribution in [3.8, 4) is 11.5 Å². The van der Waals surface area contributed by atoms with Crippen molar-refractivity contribution < 1.29 is 18.4 Å². The fourth-order valence-corrected chi connectivity index (χ4v) is 2.06. The first-order chi connectivity index (χ1) is 12.1. The Morgan fingerprint density at radius 1 is 1.16 bits per heavy atom. The standard InChI is InChI=1S/C17H14FN3O4/c18-14-8-6-13(7-9-14)16-19-21(17(23)25-16)10-15(22)20-24-11-12-4-2-1-3-5-12/h1-9H,10-11H2,(H,20,22). The molecule has 0 fully saturated rings. The van der Waals surface area contributed by atoms with Crippen LogP contribution in [-0.4, -0.2) is 15.7 Å². The maximum atomic E-state index is 12.9. The molecule has 8 heteroatoms. The van der Waals surface area contributed by atoms with E-state index in [4.69, 9.17) is 9.25 Å². The second-order valence-electron chi connectivity index (χ2n) is 5.14. The third-order valence-electron chi connectivity index (χ3n) is 3.26. The van der Waals surface area contributed by atoms with Crippen LogP contribution in [-0.2, 0) is 22.8 Å². The second-order valence-corrected chi connectivity index (χ2v) is 5.14. The number of hydroxylamine groups is 1. The smallest absolute Gasteiger partial charge is 0.388 e. The van der Waals surface area contributed by atoms with Gasteiger partial charge in [-0.3, -0.25) is 9.63 Å². The van der Waals surface area contributed by atoms with E-state index in [0.29, 0.717) is 5.56 Å². The highest BCUT2D eigenvalue weighted by molar-refractivity contribution is 5.74. The first-order valence-corrected chi connectivity index (χ1v) is 7.40. The van der Waals surface area contributed by atoms with Crippen LogP contribution in [0.3, 0.4) is 0 Å². The summed E-state index contributed by atoms with van der Waals surface area (Å²) in [4.78, 5) is 28.7. The molecule has 1 heterocycles.